The first-order valence-electron chi connectivity index (χ1n) is 8.86. The molecule has 0 atom stereocenters. The van der Waals surface area contributed by atoms with Crippen LogP contribution in [0.25, 0.3) is 11.0 Å². The van der Waals surface area contributed by atoms with Crippen LogP contribution >= 0.6 is 0 Å². The van der Waals surface area contributed by atoms with Gasteiger partial charge in [-0.1, -0.05) is 6.07 Å². The second-order valence-electron chi connectivity index (χ2n) is 7.45. The summed E-state index contributed by atoms with van der Waals surface area (Å²) in [5.41, 5.74) is 1.43. The quantitative estimate of drug-likeness (QED) is 0.623. The van der Waals surface area contributed by atoms with Crippen molar-refractivity contribution in [2.45, 2.75) is 39.8 Å². The maximum Gasteiger partial charge on any atom is 0.263 e. The standard InChI is InChI=1S/C19H24N6O3/c1-11(26)22-14-8-12(6-7-15(14)28-5)9-20-18-23-16-13(17(27)24-18)10-21-25(16)19(2,3)4/h6-8,10H,9H2,1-5H3,(H,22,26)(H2,20,23,24,27). The average molecular weight is 384 g/mol. The van der Waals surface area contributed by atoms with Gasteiger partial charge >= 0.3 is 0 Å². The van der Waals surface area contributed by atoms with E-state index >= 15 is 0 Å². The number of nitrogens with zero attached hydrogens (tertiary/aromatic N) is 3. The van der Waals surface area contributed by atoms with Crippen molar-refractivity contribution < 1.29 is 9.53 Å². The summed E-state index contributed by atoms with van der Waals surface area (Å²) in [6.07, 6.45) is 1.53. The normalized spacial score (nSPS) is 11.5. The van der Waals surface area contributed by atoms with Gasteiger partial charge in [0.1, 0.15) is 11.1 Å². The van der Waals surface area contributed by atoms with E-state index in [0.717, 1.165) is 5.56 Å². The number of amides is 1. The highest BCUT2D eigenvalue weighted by molar-refractivity contribution is 5.90. The van der Waals surface area contributed by atoms with Crippen molar-refractivity contribution in [2.24, 2.45) is 0 Å². The van der Waals surface area contributed by atoms with E-state index in [1.165, 1.54) is 13.1 Å². The van der Waals surface area contributed by atoms with Gasteiger partial charge in [-0.25, -0.2) is 4.68 Å². The van der Waals surface area contributed by atoms with Gasteiger partial charge in [0.05, 0.1) is 24.5 Å². The van der Waals surface area contributed by atoms with Crippen LogP contribution in [0.15, 0.2) is 29.2 Å². The van der Waals surface area contributed by atoms with Crippen LogP contribution in [0, 0.1) is 0 Å². The van der Waals surface area contributed by atoms with Crippen LogP contribution < -0.4 is 20.9 Å². The number of nitrogens with one attached hydrogen (secondary N) is 3. The lowest BCUT2D eigenvalue weighted by molar-refractivity contribution is -0.114. The predicted molar refractivity (Wildman–Crippen MR) is 108 cm³/mol. The predicted octanol–water partition coefficient (Wildman–Crippen LogP) is 2.45. The fourth-order valence-electron chi connectivity index (χ4n) is 2.83. The van der Waals surface area contributed by atoms with Gasteiger partial charge in [-0.2, -0.15) is 10.1 Å². The Labute approximate surface area is 162 Å². The van der Waals surface area contributed by atoms with E-state index in [2.05, 4.69) is 25.7 Å². The number of H-pyrrole nitrogens is 1. The molecule has 9 nitrogen and oxygen atoms in total. The number of carbonyl (C=O) groups excluding carboxylic acids is 1. The monoisotopic (exact) mass is 384 g/mol. The zero-order valence-corrected chi connectivity index (χ0v) is 16.6. The minimum Gasteiger partial charge on any atom is -0.495 e. The second kappa shape index (κ2) is 7.34. The molecule has 3 aromatic rings. The molecule has 1 amide bonds. The number of carbonyl (C=O) groups is 1. The van der Waals surface area contributed by atoms with Crippen LogP contribution in [0.4, 0.5) is 11.6 Å². The van der Waals surface area contributed by atoms with Crippen molar-refractivity contribution in [1.29, 1.82) is 0 Å². The number of rotatable bonds is 5. The number of aromatic amines is 1. The summed E-state index contributed by atoms with van der Waals surface area (Å²) in [6.45, 7) is 7.82. The lowest BCUT2D eigenvalue weighted by atomic mass is 10.1. The summed E-state index contributed by atoms with van der Waals surface area (Å²) in [7, 11) is 1.54. The molecule has 28 heavy (non-hydrogen) atoms. The Hall–Kier alpha value is -3.36. The van der Waals surface area contributed by atoms with Crippen LogP contribution in [-0.4, -0.2) is 32.8 Å². The fraction of sp³-hybridized carbons (Fsp3) is 0.368. The molecule has 0 bridgehead atoms. The summed E-state index contributed by atoms with van der Waals surface area (Å²) < 4.78 is 6.99. The van der Waals surface area contributed by atoms with Crippen LogP contribution in [0.2, 0.25) is 0 Å². The molecule has 9 heteroatoms. The molecule has 2 aromatic heterocycles. The van der Waals surface area contributed by atoms with Crippen LogP contribution in [0.5, 0.6) is 5.75 Å². The third kappa shape index (κ3) is 3.98. The Balaban J connectivity index is 1.88. The number of ether oxygens (including phenoxy) is 1. The highest BCUT2D eigenvalue weighted by Crippen LogP contribution is 2.26. The van der Waals surface area contributed by atoms with Gasteiger partial charge in [-0.3, -0.25) is 14.6 Å². The molecule has 148 valence electrons. The highest BCUT2D eigenvalue weighted by Gasteiger charge is 2.19. The lowest BCUT2D eigenvalue weighted by Crippen LogP contribution is -2.24. The number of hydrogen-bond acceptors (Lipinski definition) is 6. The highest BCUT2D eigenvalue weighted by atomic mass is 16.5. The number of fused-ring (bicyclic) bond motifs is 1. The smallest absolute Gasteiger partial charge is 0.263 e. The topological polar surface area (TPSA) is 114 Å². The summed E-state index contributed by atoms with van der Waals surface area (Å²) in [5.74, 6) is 0.733. The van der Waals surface area contributed by atoms with Gasteiger partial charge in [0.25, 0.3) is 5.56 Å². The Morgan fingerprint density at radius 3 is 2.71 bits per heavy atom. The number of benzene rings is 1. The molecule has 0 aliphatic carbocycles. The number of aromatic nitrogens is 4. The Morgan fingerprint density at radius 2 is 2.07 bits per heavy atom. The molecule has 0 radical (unpaired) electrons. The summed E-state index contributed by atoms with van der Waals surface area (Å²) in [6, 6.07) is 5.45. The second-order valence-corrected chi connectivity index (χ2v) is 7.45. The maximum absolute atomic E-state index is 12.4. The van der Waals surface area contributed by atoms with Gasteiger partial charge in [-0.05, 0) is 38.5 Å². The third-order valence-corrected chi connectivity index (χ3v) is 4.11. The third-order valence-electron chi connectivity index (χ3n) is 4.11. The Bertz CT molecular complexity index is 1080. The molecule has 3 rings (SSSR count). The zero-order chi connectivity index (χ0) is 20.5. The van der Waals surface area contributed by atoms with Crippen molar-refractivity contribution in [1.82, 2.24) is 19.7 Å². The van der Waals surface area contributed by atoms with E-state index in [9.17, 15) is 9.59 Å². The molecule has 2 heterocycles. The van der Waals surface area contributed by atoms with E-state index in [1.54, 1.807) is 17.9 Å². The minimum atomic E-state index is -0.303. The van der Waals surface area contributed by atoms with E-state index in [4.69, 9.17) is 4.74 Å². The van der Waals surface area contributed by atoms with E-state index in [-0.39, 0.29) is 17.0 Å². The Morgan fingerprint density at radius 1 is 1.32 bits per heavy atom. The van der Waals surface area contributed by atoms with Crippen molar-refractivity contribution >= 4 is 28.6 Å². The van der Waals surface area contributed by atoms with E-state index in [1.807, 2.05) is 32.9 Å². The number of anilines is 2. The van der Waals surface area contributed by atoms with Crippen LogP contribution in [0.1, 0.15) is 33.3 Å². The van der Waals surface area contributed by atoms with Crippen molar-refractivity contribution in [3.63, 3.8) is 0 Å². The molecule has 0 aliphatic rings. The molecular formula is C19H24N6O3. The first-order chi connectivity index (χ1) is 13.2. The minimum absolute atomic E-state index is 0.185. The van der Waals surface area contributed by atoms with Gasteiger partial charge in [0, 0.05) is 13.5 Å². The molecule has 0 saturated carbocycles. The fourth-order valence-corrected chi connectivity index (χ4v) is 2.83. The number of methoxy groups -OCH3 is 1. The first kappa shape index (κ1) is 19.4. The zero-order valence-electron chi connectivity index (χ0n) is 16.6. The summed E-state index contributed by atoms with van der Waals surface area (Å²) >= 11 is 0. The summed E-state index contributed by atoms with van der Waals surface area (Å²) in [4.78, 5) is 31.0. The van der Waals surface area contributed by atoms with Crippen LogP contribution in [0.3, 0.4) is 0 Å². The molecule has 0 spiro atoms. The van der Waals surface area contributed by atoms with Crippen LogP contribution in [-0.2, 0) is 16.9 Å². The molecule has 0 fully saturated rings. The molecule has 0 unspecified atom stereocenters. The SMILES string of the molecule is COc1ccc(CNc2nc3c(cnn3C(C)(C)C)c(=O)[nH]2)cc1NC(C)=O. The molecule has 3 N–H and O–H groups in total. The first-order valence-corrected chi connectivity index (χ1v) is 8.86. The van der Waals surface area contributed by atoms with E-state index < -0.39 is 0 Å². The maximum atomic E-state index is 12.4. The summed E-state index contributed by atoms with van der Waals surface area (Å²) in [5, 5.41) is 10.6. The van der Waals surface area contributed by atoms with Crippen molar-refractivity contribution in [2.75, 3.05) is 17.7 Å². The largest absolute Gasteiger partial charge is 0.495 e. The molecular weight excluding hydrogens is 360 g/mol. The molecule has 1 aromatic carbocycles. The average Bonchev–Trinajstić information content (AvgIpc) is 3.04. The van der Waals surface area contributed by atoms with Gasteiger partial charge < -0.3 is 15.4 Å². The van der Waals surface area contributed by atoms with Gasteiger partial charge in [0.15, 0.2) is 5.65 Å². The van der Waals surface area contributed by atoms with E-state index in [0.29, 0.717) is 35.0 Å². The Kier molecular flexibility index (Phi) is 5.08. The van der Waals surface area contributed by atoms with Crippen molar-refractivity contribution in [3.8, 4) is 5.75 Å². The number of hydrogen-bond donors (Lipinski definition) is 3. The van der Waals surface area contributed by atoms with Gasteiger partial charge in [0.2, 0.25) is 11.9 Å². The van der Waals surface area contributed by atoms with Gasteiger partial charge in [-0.15, -0.1) is 0 Å². The van der Waals surface area contributed by atoms with Crippen molar-refractivity contribution in [3.05, 3.63) is 40.3 Å². The molecule has 0 saturated heterocycles. The molecule has 0 aliphatic heterocycles. The lowest BCUT2D eigenvalue weighted by Gasteiger charge is -2.19.